The van der Waals surface area contributed by atoms with Crippen LogP contribution in [0, 0.1) is 0 Å². The van der Waals surface area contributed by atoms with E-state index >= 15 is 0 Å². The van der Waals surface area contributed by atoms with Gasteiger partial charge in [0.05, 0.1) is 24.4 Å². The number of unbranched alkanes of at least 4 members (excludes halogenated alkanes) is 18. The van der Waals surface area contributed by atoms with Crippen molar-refractivity contribution in [1.29, 1.82) is 0 Å². The van der Waals surface area contributed by atoms with Crippen LogP contribution in [0.15, 0.2) is 22.5 Å². The Kier molecular flexibility index (Phi) is 20.9. The molecule has 38 heavy (non-hydrogen) atoms. The standard InChI is InChI=1S/C33H59NO4/c1-5-7-9-11-13-15-17-19-21-23-25-37-32(35)30-27-31(29(4)34-28(30)3)33(36)38-26-24-22-20-18-16-14-12-10-8-6-2/h34H,5-27H2,1-4H3. The van der Waals surface area contributed by atoms with Gasteiger partial charge in [-0.05, 0) is 26.7 Å². The molecule has 1 heterocycles. The van der Waals surface area contributed by atoms with Gasteiger partial charge in [-0.3, -0.25) is 0 Å². The van der Waals surface area contributed by atoms with E-state index in [-0.39, 0.29) is 18.4 Å². The molecule has 0 aromatic rings. The topological polar surface area (TPSA) is 64.6 Å². The summed E-state index contributed by atoms with van der Waals surface area (Å²) in [6, 6.07) is 0. The summed E-state index contributed by atoms with van der Waals surface area (Å²) in [5.74, 6) is -0.642. The lowest BCUT2D eigenvalue weighted by Gasteiger charge is -2.22. The highest BCUT2D eigenvalue weighted by molar-refractivity contribution is 5.96. The Bertz CT molecular complexity index is 652. The molecule has 0 bridgehead atoms. The van der Waals surface area contributed by atoms with Gasteiger partial charge in [0.15, 0.2) is 0 Å². The predicted molar refractivity (Wildman–Crippen MR) is 159 cm³/mol. The van der Waals surface area contributed by atoms with Gasteiger partial charge in [0.25, 0.3) is 0 Å². The van der Waals surface area contributed by atoms with Crippen LogP contribution in [0.25, 0.3) is 0 Å². The van der Waals surface area contributed by atoms with Crippen molar-refractivity contribution in [2.45, 2.75) is 163 Å². The van der Waals surface area contributed by atoms with E-state index < -0.39 is 0 Å². The third-order valence-corrected chi connectivity index (χ3v) is 7.59. The molecule has 1 rings (SSSR count). The van der Waals surface area contributed by atoms with Gasteiger partial charge in [0, 0.05) is 17.8 Å². The molecule has 5 nitrogen and oxygen atoms in total. The van der Waals surface area contributed by atoms with Crippen molar-refractivity contribution in [2.24, 2.45) is 0 Å². The van der Waals surface area contributed by atoms with E-state index in [9.17, 15) is 9.59 Å². The molecule has 0 amide bonds. The SMILES string of the molecule is CCCCCCCCCCCCOC(=O)C1=C(C)NC(C)=C(C(=O)OCCCCCCCCCCCC)C1. The van der Waals surface area contributed by atoms with Crippen molar-refractivity contribution in [3.63, 3.8) is 0 Å². The minimum Gasteiger partial charge on any atom is -0.462 e. The van der Waals surface area contributed by atoms with Gasteiger partial charge in [-0.25, -0.2) is 9.59 Å². The summed E-state index contributed by atoms with van der Waals surface area (Å²) in [6.45, 7) is 9.11. The Balaban J connectivity index is 2.18. The molecule has 0 atom stereocenters. The molecular formula is C33H59NO4. The van der Waals surface area contributed by atoms with Crippen LogP contribution in [0.3, 0.4) is 0 Å². The number of hydrogen-bond acceptors (Lipinski definition) is 5. The lowest BCUT2D eigenvalue weighted by atomic mass is 9.98. The molecular weight excluding hydrogens is 474 g/mol. The number of carbonyl (C=O) groups excluding carboxylic acids is 2. The van der Waals surface area contributed by atoms with E-state index in [1.807, 2.05) is 13.8 Å². The van der Waals surface area contributed by atoms with E-state index in [1.165, 1.54) is 103 Å². The quantitative estimate of drug-likeness (QED) is 0.0988. The number of dihydropyridines is 1. The largest absolute Gasteiger partial charge is 0.462 e. The molecule has 0 spiro atoms. The molecule has 0 radical (unpaired) electrons. The van der Waals surface area contributed by atoms with Crippen LogP contribution in [-0.2, 0) is 19.1 Å². The van der Waals surface area contributed by atoms with Crippen molar-refractivity contribution in [3.8, 4) is 0 Å². The monoisotopic (exact) mass is 533 g/mol. The fraction of sp³-hybridized carbons (Fsp3) is 0.818. The first-order valence-corrected chi connectivity index (χ1v) is 16.0. The maximum atomic E-state index is 12.7. The van der Waals surface area contributed by atoms with Crippen molar-refractivity contribution in [1.82, 2.24) is 5.32 Å². The van der Waals surface area contributed by atoms with Gasteiger partial charge in [0.2, 0.25) is 0 Å². The first-order chi connectivity index (χ1) is 18.5. The normalized spacial score (nSPS) is 13.6. The van der Waals surface area contributed by atoms with E-state index in [4.69, 9.17) is 9.47 Å². The van der Waals surface area contributed by atoms with Gasteiger partial charge >= 0.3 is 11.9 Å². The van der Waals surface area contributed by atoms with Gasteiger partial charge in [-0.15, -0.1) is 0 Å². The molecule has 1 aliphatic rings. The number of rotatable bonds is 24. The van der Waals surface area contributed by atoms with E-state index in [0.717, 1.165) is 37.1 Å². The zero-order valence-corrected chi connectivity index (χ0v) is 25.4. The summed E-state index contributed by atoms with van der Waals surface area (Å²) in [4.78, 5) is 25.4. The molecule has 0 fully saturated rings. The molecule has 220 valence electrons. The van der Waals surface area contributed by atoms with Crippen molar-refractivity contribution in [3.05, 3.63) is 22.5 Å². The zero-order chi connectivity index (χ0) is 27.8. The van der Waals surface area contributed by atoms with Crippen LogP contribution >= 0.6 is 0 Å². The van der Waals surface area contributed by atoms with Crippen LogP contribution in [0.5, 0.6) is 0 Å². The van der Waals surface area contributed by atoms with Crippen LogP contribution in [0.1, 0.15) is 163 Å². The number of allylic oxidation sites excluding steroid dienone is 2. The van der Waals surface area contributed by atoms with E-state index in [2.05, 4.69) is 19.2 Å². The Labute approximate surface area is 234 Å². The van der Waals surface area contributed by atoms with Crippen molar-refractivity contribution in [2.75, 3.05) is 13.2 Å². The minimum atomic E-state index is -0.321. The summed E-state index contributed by atoms with van der Waals surface area (Å²) in [6.07, 6.45) is 25.2. The molecule has 1 aliphatic heterocycles. The third kappa shape index (κ3) is 16.2. The number of hydrogen-bond donors (Lipinski definition) is 1. The van der Waals surface area contributed by atoms with Crippen LogP contribution in [0.2, 0.25) is 0 Å². The molecule has 0 aromatic heterocycles. The second-order valence-electron chi connectivity index (χ2n) is 11.1. The van der Waals surface area contributed by atoms with Gasteiger partial charge in [-0.2, -0.15) is 0 Å². The second kappa shape index (κ2) is 23.1. The van der Waals surface area contributed by atoms with Gasteiger partial charge < -0.3 is 14.8 Å². The fourth-order valence-corrected chi connectivity index (χ4v) is 5.01. The number of nitrogens with one attached hydrogen (secondary N) is 1. The molecule has 0 aliphatic carbocycles. The fourth-order valence-electron chi connectivity index (χ4n) is 5.01. The van der Waals surface area contributed by atoms with Crippen LogP contribution < -0.4 is 5.32 Å². The lowest BCUT2D eigenvalue weighted by molar-refractivity contribution is -0.139. The average Bonchev–Trinajstić information content (AvgIpc) is 2.90. The first-order valence-electron chi connectivity index (χ1n) is 16.0. The lowest BCUT2D eigenvalue weighted by Crippen LogP contribution is -2.27. The van der Waals surface area contributed by atoms with Crippen molar-refractivity contribution >= 4 is 11.9 Å². The molecule has 0 saturated heterocycles. The second-order valence-corrected chi connectivity index (χ2v) is 11.1. The van der Waals surface area contributed by atoms with Crippen LogP contribution in [0.4, 0.5) is 0 Å². The van der Waals surface area contributed by atoms with Gasteiger partial charge in [-0.1, -0.05) is 129 Å². The van der Waals surface area contributed by atoms with E-state index in [0.29, 0.717) is 24.4 Å². The Morgan fingerprint density at radius 1 is 0.526 bits per heavy atom. The third-order valence-electron chi connectivity index (χ3n) is 7.59. The highest BCUT2D eigenvalue weighted by atomic mass is 16.5. The highest BCUT2D eigenvalue weighted by Gasteiger charge is 2.26. The van der Waals surface area contributed by atoms with Gasteiger partial charge in [0.1, 0.15) is 0 Å². The molecule has 0 aromatic carbocycles. The number of ether oxygens (including phenoxy) is 2. The molecule has 5 heteroatoms. The average molecular weight is 534 g/mol. The molecule has 0 saturated carbocycles. The van der Waals surface area contributed by atoms with Crippen LogP contribution in [-0.4, -0.2) is 25.2 Å². The Morgan fingerprint density at radius 3 is 1.13 bits per heavy atom. The summed E-state index contributed by atoms with van der Waals surface area (Å²) < 4.78 is 11.1. The Morgan fingerprint density at radius 2 is 0.816 bits per heavy atom. The van der Waals surface area contributed by atoms with E-state index in [1.54, 1.807) is 0 Å². The maximum Gasteiger partial charge on any atom is 0.336 e. The summed E-state index contributed by atoms with van der Waals surface area (Å²) in [5, 5.41) is 3.18. The number of carbonyl (C=O) groups is 2. The molecule has 1 N–H and O–H groups in total. The number of esters is 2. The smallest absolute Gasteiger partial charge is 0.336 e. The first kappa shape index (κ1) is 34.2. The summed E-state index contributed by atoms with van der Waals surface area (Å²) in [5.41, 5.74) is 2.60. The van der Waals surface area contributed by atoms with Crippen molar-refractivity contribution < 1.29 is 19.1 Å². The zero-order valence-electron chi connectivity index (χ0n) is 25.4. The summed E-state index contributed by atoms with van der Waals surface area (Å²) >= 11 is 0. The minimum absolute atomic E-state index is 0.276. The summed E-state index contributed by atoms with van der Waals surface area (Å²) in [7, 11) is 0. The highest BCUT2D eigenvalue weighted by Crippen LogP contribution is 2.25. The predicted octanol–water partition coefficient (Wildman–Crippen LogP) is 9.46. The molecule has 0 unspecified atom stereocenters. The Hall–Kier alpha value is -1.78. The maximum absolute atomic E-state index is 12.7.